The largest absolute Gasteiger partial charge is 0.497 e. The van der Waals surface area contributed by atoms with E-state index in [4.69, 9.17) is 9.47 Å². The van der Waals surface area contributed by atoms with Gasteiger partial charge in [0.05, 0.1) is 30.6 Å². The number of amides is 3. The molecular formula is C26H24N2O6. The van der Waals surface area contributed by atoms with E-state index in [1.165, 1.54) is 11.0 Å². The first-order valence-electron chi connectivity index (χ1n) is 11.2. The number of allylic oxidation sites excluding steroid dienone is 2. The Hall–Kier alpha value is -3.94. The lowest BCUT2D eigenvalue weighted by Gasteiger charge is -2.18. The lowest BCUT2D eigenvalue weighted by Crippen LogP contribution is -2.31. The van der Waals surface area contributed by atoms with Crippen LogP contribution in [0.2, 0.25) is 0 Å². The van der Waals surface area contributed by atoms with Crippen LogP contribution in [-0.2, 0) is 19.2 Å². The molecule has 0 bridgehead atoms. The molecule has 2 aromatic carbocycles. The molecule has 0 spiro atoms. The van der Waals surface area contributed by atoms with Crippen molar-refractivity contribution < 1.29 is 28.7 Å². The number of imide groups is 1. The Morgan fingerprint density at radius 2 is 1.50 bits per heavy atom. The topological polar surface area (TPSA) is 93.2 Å². The molecule has 8 heteroatoms. The fraction of sp³-hybridized carbons (Fsp3) is 0.308. The van der Waals surface area contributed by atoms with Crippen molar-refractivity contribution in [2.24, 2.45) is 17.8 Å². The highest BCUT2D eigenvalue weighted by molar-refractivity contribution is 6.22. The molecule has 3 amide bonds. The predicted molar refractivity (Wildman–Crippen MR) is 123 cm³/mol. The van der Waals surface area contributed by atoms with Gasteiger partial charge < -0.3 is 14.4 Å². The van der Waals surface area contributed by atoms with Gasteiger partial charge in [0.2, 0.25) is 17.7 Å². The van der Waals surface area contributed by atoms with Crippen molar-refractivity contribution in [2.75, 3.05) is 23.5 Å². The number of carbonyl (C=O) groups is 4. The lowest BCUT2D eigenvalue weighted by molar-refractivity contribution is -0.139. The van der Waals surface area contributed by atoms with Gasteiger partial charge in [0.1, 0.15) is 11.5 Å². The van der Waals surface area contributed by atoms with E-state index >= 15 is 0 Å². The predicted octanol–water partition coefficient (Wildman–Crippen LogP) is 3.11. The summed E-state index contributed by atoms with van der Waals surface area (Å²) in [6, 6.07) is 13.5. The van der Waals surface area contributed by atoms with Crippen LogP contribution in [-0.4, -0.2) is 37.3 Å². The molecule has 0 aromatic heterocycles. The van der Waals surface area contributed by atoms with Crippen LogP contribution in [0.1, 0.15) is 19.3 Å². The van der Waals surface area contributed by atoms with Crippen LogP contribution in [0.15, 0.2) is 60.7 Å². The van der Waals surface area contributed by atoms with Crippen molar-refractivity contribution in [1.82, 2.24) is 0 Å². The Morgan fingerprint density at radius 1 is 0.882 bits per heavy atom. The van der Waals surface area contributed by atoms with Gasteiger partial charge in [0.25, 0.3) is 0 Å². The van der Waals surface area contributed by atoms with Gasteiger partial charge in [-0.25, -0.2) is 4.90 Å². The average molecular weight is 460 g/mol. The molecule has 0 unspecified atom stereocenters. The molecule has 2 fully saturated rings. The zero-order chi connectivity index (χ0) is 23.8. The summed E-state index contributed by atoms with van der Waals surface area (Å²) in [5.41, 5.74) is 1.04. The summed E-state index contributed by atoms with van der Waals surface area (Å²) < 4.78 is 10.8. The van der Waals surface area contributed by atoms with Gasteiger partial charge in [-0.1, -0.05) is 24.3 Å². The number of hydrogen-bond acceptors (Lipinski definition) is 6. The first-order chi connectivity index (χ1) is 16.5. The van der Waals surface area contributed by atoms with E-state index in [1.54, 1.807) is 54.5 Å². The van der Waals surface area contributed by atoms with E-state index in [0.29, 0.717) is 30.0 Å². The smallest absolute Gasteiger partial charge is 0.316 e. The first kappa shape index (κ1) is 21.9. The van der Waals surface area contributed by atoms with Crippen LogP contribution in [0.5, 0.6) is 11.5 Å². The van der Waals surface area contributed by atoms with Gasteiger partial charge >= 0.3 is 5.97 Å². The molecule has 0 N–H and O–H groups in total. The molecule has 1 aliphatic carbocycles. The number of hydrogen-bond donors (Lipinski definition) is 0. The molecule has 3 atom stereocenters. The summed E-state index contributed by atoms with van der Waals surface area (Å²) in [6.45, 7) is 0.198. The molecule has 3 aliphatic rings. The van der Waals surface area contributed by atoms with Gasteiger partial charge in [-0.05, 0) is 37.1 Å². The maximum absolute atomic E-state index is 12.9. The van der Waals surface area contributed by atoms with E-state index in [9.17, 15) is 19.2 Å². The monoisotopic (exact) mass is 460 g/mol. The third-order valence-corrected chi connectivity index (χ3v) is 6.63. The maximum Gasteiger partial charge on any atom is 0.316 e. The summed E-state index contributed by atoms with van der Waals surface area (Å²) in [5.74, 6) is -1.62. The molecule has 34 heavy (non-hydrogen) atoms. The molecule has 8 nitrogen and oxygen atoms in total. The zero-order valence-corrected chi connectivity index (χ0v) is 18.7. The Balaban J connectivity index is 1.29. The Kier molecular flexibility index (Phi) is 5.65. The second-order valence-corrected chi connectivity index (χ2v) is 8.69. The van der Waals surface area contributed by atoms with Crippen molar-refractivity contribution in [1.29, 1.82) is 0 Å². The minimum absolute atomic E-state index is 0.0369. The van der Waals surface area contributed by atoms with Crippen molar-refractivity contribution in [2.45, 2.75) is 19.3 Å². The van der Waals surface area contributed by atoms with Crippen LogP contribution in [0.3, 0.4) is 0 Å². The Morgan fingerprint density at radius 3 is 2.18 bits per heavy atom. The van der Waals surface area contributed by atoms with Crippen molar-refractivity contribution >= 4 is 35.1 Å². The molecular weight excluding hydrogens is 436 g/mol. The highest BCUT2D eigenvalue weighted by Crippen LogP contribution is 2.38. The quantitative estimate of drug-likeness (QED) is 0.295. The Labute approximate surface area is 196 Å². The summed E-state index contributed by atoms with van der Waals surface area (Å²) in [5, 5.41) is 0. The number of ether oxygens (including phenoxy) is 2. The van der Waals surface area contributed by atoms with Crippen LogP contribution in [0.25, 0.3) is 0 Å². The van der Waals surface area contributed by atoms with Gasteiger partial charge in [0.15, 0.2) is 0 Å². The molecule has 0 radical (unpaired) electrons. The normalized spacial score (nSPS) is 23.9. The van der Waals surface area contributed by atoms with Gasteiger partial charge in [-0.2, -0.15) is 0 Å². The fourth-order valence-corrected chi connectivity index (χ4v) is 4.83. The highest BCUT2D eigenvalue weighted by Gasteiger charge is 2.48. The number of anilines is 2. The first-order valence-corrected chi connectivity index (χ1v) is 11.2. The standard InChI is InChI=1S/C26H24N2O6/c1-33-19-8-4-6-17(13-19)27-15-16(12-23(27)29)26(32)34-20-9-5-7-18(14-20)28-24(30)21-10-2-3-11-22(21)25(28)31/h2-9,13-14,16,21-22H,10-12,15H2,1H3/t16-,21-,22+/m0/s1. The van der Waals surface area contributed by atoms with E-state index in [1.807, 2.05) is 12.2 Å². The van der Waals surface area contributed by atoms with Gasteiger partial charge in [-0.3, -0.25) is 19.2 Å². The molecule has 2 aromatic rings. The Bertz CT molecular complexity index is 1180. The number of rotatable bonds is 5. The SMILES string of the molecule is COc1cccc(N2C[C@@H](C(=O)Oc3cccc(N4C(=O)[C@H]5CC=CC[C@H]5C4=O)c3)CC2=O)c1. The third kappa shape index (κ3) is 3.85. The van der Waals surface area contributed by atoms with Crippen molar-refractivity contribution in [3.8, 4) is 11.5 Å². The molecule has 174 valence electrons. The number of fused-ring (bicyclic) bond motifs is 1. The number of benzene rings is 2. The summed E-state index contributed by atoms with van der Waals surface area (Å²) >= 11 is 0. The van der Waals surface area contributed by atoms with Gasteiger partial charge in [0, 0.05) is 30.8 Å². The number of carbonyl (C=O) groups excluding carboxylic acids is 4. The highest BCUT2D eigenvalue weighted by atomic mass is 16.5. The average Bonchev–Trinajstić information content (AvgIpc) is 3.37. The maximum atomic E-state index is 12.9. The van der Waals surface area contributed by atoms with E-state index < -0.39 is 11.9 Å². The second-order valence-electron chi connectivity index (χ2n) is 8.69. The molecule has 5 rings (SSSR count). The van der Waals surface area contributed by atoms with E-state index in [-0.39, 0.29) is 48.3 Å². The lowest BCUT2D eigenvalue weighted by atomic mass is 9.85. The van der Waals surface area contributed by atoms with E-state index in [0.717, 1.165) is 0 Å². The molecule has 2 heterocycles. The fourth-order valence-electron chi connectivity index (χ4n) is 4.83. The summed E-state index contributed by atoms with van der Waals surface area (Å²) in [7, 11) is 1.55. The van der Waals surface area contributed by atoms with E-state index in [2.05, 4.69) is 0 Å². The summed E-state index contributed by atoms with van der Waals surface area (Å²) in [4.78, 5) is 53.9. The van der Waals surface area contributed by atoms with Crippen LogP contribution in [0, 0.1) is 17.8 Å². The molecule has 2 saturated heterocycles. The number of nitrogens with zero attached hydrogens (tertiary/aromatic N) is 2. The third-order valence-electron chi connectivity index (χ3n) is 6.63. The number of esters is 1. The van der Waals surface area contributed by atoms with Crippen LogP contribution in [0.4, 0.5) is 11.4 Å². The van der Waals surface area contributed by atoms with Crippen molar-refractivity contribution in [3.05, 3.63) is 60.7 Å². The molecule has 2 aliphatic heterocycles. The van der Waals surface area contributed by atoms with Crippen LogP contribution < -0.4 is 19.3 Å². The van der Waals surface area contributed by atoms with Crippen LogP contribution >= 0.6 is 0 Å². The minimum Gasteiger partial charge on any atom is -0.497 e. The van der Waals surface area contributed by atoms with Crippen molar-refractivity contribution in [3.63, 3.8) is 0 Å². The van der Waals surface area contributed by atoms with Gasteiger partial charge in [-0.15, -0.1) is 0 Å². The zero-order valence-electron chi connectivity index (χ0n) is 18.7. The second kappa shape index (κ2) is 8.78. The number of methoxy groups -OCH3 is 1. The summed E-state index contributed by atoms with van der Waals surface area (Å²) in [6.07, 6.45) is 5.02. The minimum atomic E-state index is -0.633. The molecule has 0 saturated carbocycles.